The van der Waals surface area contributed by atoms with E-state index in [1.165, 1.54) is 0 Å². The number of rotatable bonds is 6. The van der Waals surface area contributed by atoms with E-state index in [1.54, 1.807) is 32.1 Å². The zero-order valence-corrected chi connectivity index (χ0v) is 14.7. The molecule has 1 aromatic rings. The Bertz CT molecular complexity index is 668. The van der Waals surface area contributed by atoms with Crippen LogP contribution in [-0.4, -0.2) is 47.9 Å². The number of carbonyl (C=O) groups is 1. The monoisotopic (exact) mass is 348 g/mol. The van der Waals surface area contributed by atoms with Crippen molar-refractivity contribution >= 4 is 5.78 Å². The summed E-state index contributed by atoms with van der Waals surface area (Å²) < 4.78 is 22.3. The Kier molecular flexibility index (Phi) is 5.09. The number of aryl methyl sites for hydroxylation is 1. The van der Waals surface area contributed by atoms with Crippen molar-refractivity contribution < 1.29 is 28.8 Å². The molecule has 2 aliphatic heterocycles. The van der Waals surface area contributed by atoms with E-state index in [2.05, 4.69) is 6.58 Å². The maximum Gasteiger partial charge on any atom is 0.194 e. The third kappa shape index (κ3) is 3.68. The van der Waals surface area contributed by atoms with E-state index in [4.69, 9.17) is 18.9 Å². The number of aliphatic hydroxyl groups is 1. The molecule has 1 N–H and O–H groups in total. The van der Waals surface area contributed by atoms with Gasteiger partial charge in [-0.25, -0.2) is 0 Å². The van der Waals surface area contributed by atoms with Crippen molar-refractivity contribution in [3.05, 3.63) is 47.5 Å². The molecule has 6 nitrogen and oxygen atoms in total. The summed E-state index contributed by atoms with van der Waals surface area (Å²) in [4.78, 5) is 12.8. The minimum atomic E-state index is -1.07. The van der Waals surface area contributed by atoms with Crippen LogP contribution in [0.1, 0.15) is 35.3 Å². The third-order valence-electron chi connectivity index (χ3n) is 4.40. The predicted octanol–water partition coefficient (Wildman–Crippen LogP) is 2.12. The van der Waals surface area contributed by atoms with Gasteiger partial charge in [0.05, 0.1) is 13.2 Å². The second-order valence-electron chi connectivity index (χ2n) is 6.83. The number of carbonyl (C=O) groups excluding carboxylic acids is 1. The van der Waals surface area contributed by atoms with Gasteiger partial charge in [-0.1, -0.05) is 18.2 Å². The molecule has 2 saturated heterocycles. The van der Waals surface area contributed by atoms with Crippen LogP contribution >= 0.6 is 0 Å². The van der Waals surface area contributed by atoms with Crippen LogP contribution in [0.3, 0.4) is 0 Å². The summed E-state index contributed by atoms with van der Waals surface area (Å²) >= 11 is 0. The topological polar surface area (TPSA) is 74.2 Å². The second-order valence-corrected chi connectivity index (χ2v) is 6.83. The molecule has 2 fully saturated rings. The summed E-state index contributed by atoms with van der Waals surface area (Å²) in [6.45, 7) is 9.88. The zero-order valence-electron chi connectivity index (χ0n) is 14.7. The van der Waals surface area contributed by atoms with Crippen molar-refractivity contribution in [1.82, 2.24) is 0 Å². The molecule has 0 amide bonds. The molecule has 0 saturated carbocycles. The minimum Gasteiger partial charge on any atom is -0.387 e. The van der Waals surface area contributed by atoms with Crippen LogP contribution in [0.2, 0.25) is 0 Å². The Morgan fingerprint density at radius 3 is 2.84 bits per heavy atom. The van der Waals surface area contributed by atoms with Crippen LogP contribution in [-0.2, 0) is 25.6 Å². The normalized spacial score (nSPS) is 30.2. The minimum absolute atomic E-state index is 0.295. The van der Waals surface area contributed by atoms with E-state index in [-0.39, 0.29) is 5.78 Å². The number of aliphatic hydroxyl groups excluding tert-OH is 1. The largest absolute Gasteiger partial charge is 0.387 e. The second kappa shape index (κ2) is 6.97. The lowest BCUT2D eigenvalue weighted by Gasteiger charge is -2.22. The molecule has 2 aliphatic rings. The average molecular weight is 348 g/mol. The maximum atomic E-state index is 12.8. The van der Waals surface area contributed by atoms with Crippen molar-refractivity contribution in [2.75, 3.05) is 6.61 Å². The maximum absolute atomic E-state index is 12.8. The van der Waals surface area contributed by atoms with Crippen LogP contribution in [0.15, 0.2) is 30.9 Å². The van der Waals surface area contributed by atoms with E-state index in [0.29, 0.717) is 18.8 Å². The lowest BCUT2D eigenvalue weighted by Crippen LogP contribution is -2.38. The smallest absolute Gasteiger partial charge is 0.194 e. The van der Waals surface area contributed by atoms with Gasteiger partial charge >= 0.3 is 0 Å². The van der Waals surface area contributed by atoms with E-state index in [1.807, 2.05) is 13.0 Å². The molecule has 0 radical (unpaired) electrons. The molecule has 136 valence electrons. The molecular formula is C19H24O6. The molecule has 0 aliphatic carbocycles. The zero-order chi connectivity index (χ0) is 18.2. The summed E-state index contributed by atoms with van der Waals surface area (Å²) in [5, 5.41) is 10.4. The van der Waals surface area contributed by atoms with Crippen LogP contribution in [0, 0.1) is 6.92 Å². The SMILES string of the molecule is C=CCOCc1cc(C(=O)C2O[C@H]3OC(C)(C)OC3[C@@H]2O)ccc1C. The Morgan fingerprint density at radius 2 is 2.16 bits per heavy atom. The number of ketones is 1. The number of Topliss-reactive ketones (excluding diaryl/α,β-unsaturated/α-hetero) is 1. The van der Waals surface area contributed by atoms with Gasteiger partial charge in [-0.3, -0.25) is 4.79 Å². The fourth-order valence-electron chi connectivity index (χ4n) is 3.10. The number of benzene rings is 1. The van der Waals surface area contributed by atoms with Crippen molar-refractivity contribution in [1.29, 1.82) is 0 Å². The Labute approximate surface area is 147 Å². The van der Waals surface area contributed by atoms with Gasteiger partial charge in [-0.05, 0) is 38.0 Å². The highest BCUT2D eigenvalue weighted by Crippen LogP contribution is 2.38. The summed E-state index contributed by atoms with van der Waals surface area (Å²) in [6, 6.07) is 5.36. The van der Waals surface area contributed by atoms with Gasteiger partial charge in [-0.15, -0.1) is 6.58 Å². The first-order chi connectivity index (χ1) is 11.8. The predicted molar refractivity (Wildman–Crippen MR) is 90.1 cm³/mol. The van der Waals surface area contributed by atoms with E-state index < -0.39 is 30.4 Å². The Morgan fingerprint density at radius 1 is 1.40 bits per heavy atom. The fourth-order valence-corrected chi connectivity index (χ4v) is 3.10. The number of ether oxygens (including phenoxy) is 4. The van der Waals surface area contributed by atoms with E-state index in [9.17, 15) is 9.90 Å². The molecular weight excluding hydrogens is 324 g/mol. The summed E-state index contributed by atoms with van der Waals surface area (Å²) in [5.41, 5.74) is 2.40. The summed E-state index contributed by atoms with van der Waals surface area (Å²) in [6.07, 6.45) is -1.80. The lowest BCUT2D eigenvalue weighted by atomic mass is 9.97. The highest BCUT2D eigenvalue weighted by atomic mass is 16.8. The van der Waals surface area contributed by atoms with Crippen molar-refractivity contribution in [2.24, 2.45) is 0 Å². The third-order valence-corrected chi connectivity index (χ3v) is 4.40. The quantitative estimate of drug-likeness (QED) is 0.482. The Hall–Kier alpha value is -1.57. The first-order valence-electron chi connectivity index (χ1n) is 8.34. The number of hydrogen-bond donors (Lipinski definition) is 1. The van der Waals surface area contributed by atoms with E-state index in [0.717, 1.165) is 11.1 Å². The molecule has 0 aromatic heterocycles. The standard InChI is InChI=1S/C19H24O6/c1-5-8-22-10-13-9-12(7-6-11(13)2)14(20)16-15(21)17-18(23-16)25-19(3,4)24-17/h5-7,9,15-18,21H,1,8,10H2,2-4H3/t15-,16?,17?,18+/m1/s1. The van der Waals surface area contributed by atoms with Gasteiger partial charge in [0.1, 0.15) is 12.2 Å². The first-order valence-corrected chi connectivity index (χ1v) is 8.34. The van der Waals surface area contributed by atoms with Crippen molar-refractivity contribution in [3.63, 3.8) is 0 Å². The van der Waals surface area contributed by atoms with Gasteiger partial charge in [0.2, 0.25) is 0 Å². The first kappa shape index (κ1) is 18.2. The van der Waals surface area contributed by atoms with Crippen molar-refractivity contribution in [3.8, 4) is 0 Å². The highest BCUT2D eigenvalue weighted by molar-refractivity contribution is 6.00. The number of fused-ring (bicyclic) bond motifs is 1. The van der Waals surface area contributed by atoms with Gasteiger partial charge in [0, 0.05) is 5.56 Å². The molecule has 0 bridgehead atoms. The van der Waals surface area contributed by atoms with Crippen molar-refractivity contribution in [2.45, 2.75) is 57.8 Å². The molecule has 25 heavy (non-hydrogen) atoms. The number of hydrogen-bond acceptors (Lipinski definition) is 6. The van der Waals surface area contributed by atoms with Crippen LogP contribution in [0.5, 0.6) is 0 Å². The fraction of sp³-hybridized carbons (Fsp3) is 0.526. The summed E-state index contributed by atoms with van der Waals surface area (Å²) in [5.74, 6) is -1.12. The van der Waals surface area contributed by atoms with Gasteiger partial charge in [0.25, 0.3) is 0 Å². The summed E-state index contributed by atoms with van der Waals surface area (Å²) in [7, 11) is 0. The van der Waals surface area contributed by atoms with Gasteiger partial charge in [-0.2, -0.15) is 0 Å². The lowest BCUT2D eigenvalue weighted by molar-refractivity contribution is -0.208. The van der Waals surface area contributed by atoms with Gasteiger partial charge in [0.15, 0.2) is 24.0 Å². The molecule has 2 unspecified atom stereocenters. The molecule has 4 atom stereocenters. The van der Waals surface area contributed by atoms with Crippen LogP contribution in [0.4, 0.5) is 0 Å². The molecule has 2 heterocycles. The average Bonchev–Trinajstić information content (AvgIpc) is 3.02. The van der Waals surface area contributed by atoms with Crippen LogP contribution < -0.4 is 0 Å². The molecule has 3 rings (SSSR count). The van der Waals surface area contributed by atoms with Gasteiger partial charge < -0.3 is 24.1 Å². The Balaban J connectivity index is 1.73. The van der Waals surface area contributed by atoms with Crippen LogP contribution in [0.25, 0.3) is 0 Å². The highest BCUT2D eigenvalue weighted by Gasteiger charge is 2.56. The van der Waals surface area contributed by atoms with E-state index >= 15 is 0 Å². The molecule has 1 aromatic carbocycles. The molecule has 0 spiro atoms. The molecule has 6 heteroatoms.